The molecule has 0 radical (unpaired) electrons. The minimum absolute atomic E-state index is 0.102. The number of rotatable bonds is 15. The third-order valence-corrected chi connectivity index (χ3v) is 4.46. The highest BCUT2D eigenvalue weighted by molar-refractivity contribution is 7.89. The first-order valence-corrected chi connectivity index (χ1v) is 10.7. The van der Waals surface area contributed by atoms with Crippen LogP contribution in [0.5, 0.6) is 0 Å². The number of hydrogen-bond acceptors (Lipinski definition) is 3. The molecule has 0 atom stereocenters. The average Bonchev–Trinajstić information content (AvgIpc) is 2.58. The summed E-state index contributed by atoms with van der Waals surface area (Å²) in [5.41, 5.74) is 9.80. The molecule has 152 valence electrons. The second-order valence-corrected chi connectivity index (χ2v) is 7.34. The lowest BCUT2D eigenvalue weighted by Gasteiger charge is -1.99. The predicted octanol–water partition coefficient (Wildman–Crippen LogP) is 5.67. The number of carboxylic acids is 1. The number of unbranched alkanes of at least 4 members (excludes halogenated alkanes) is 11. The van der Waals surface area contributed by atoms with Crippen LogP contribution in [0.25, 0.3) is 0 Å². The lowest BCUT2D eigenvalue weighted by Crippen LogP contribution is -2.26. The molecule has 0 aromatic heterocycles. The SMILES string of the molecule is CCCCCCCC/C=C\CCCCCCCC(=O)O.NC(=S)C(N)=S. The van der Waals surface area contributed by atoms with Gasteiger partial charge >= 0.3 is 5.97 Å². The summed E-state index contributed by atoms with van der Waals surface area (Å²) in [5.74, 6) is -0.664. The normalized spacial score (nSPS) is 10.3. The van der Waals surface area contributed by atoms with Gasteiger partial charge in [-0.15, -0.1) is 0 Å². The fourth-order valence-corrected chi connectivity index (χ4v) is 2.35. The Morgan fingerprint density at radius 1 is 0.769 bits per heavy atom. The molecular formula is C20H38N2O2S2. The van der Waals surface area contributed by atoms with E-state index >= 15 is 0 Å². The van der Waals surface area contributed by atoms with Crippen molar-refractivity contribution in [2.24, 2.45) is 11.5 Å². The number of carbonyl (C=O) groups is 1. The zero-order valence-corrected chi connectivity index (χ0v) is 18.0. The van der Waals surface area contributed by atoms with Gasteiger partial charge in [0, 0.05) is 6.42 Å². The highest BCUT2D eigenvalue weighted by Gasteiger charge is 1.95. The van der Waals surface area contributed by atoms with E-state index in [-0.39, 0.29) is 9.98 Å². The molecule has 0 aliphatic carbocycles. The second-order valence-electron chi connectivity index (χ2n) is 6.46. The fourth-order valence-electron chi connectivity index (χ4n) is 2.35. The molecule has 0 heterocycles. The molecule has 0 amide bonds. The molecule has 0 rings (SSSR count). The predicted molar refractivity (Wildman–Crippen MR) is 121 cm³/mol. The molecule has 0 aliphatic rings. The molecular weight excluding hydrogens is 364 g/mol. The number of nitrogens with two attached hydrogens (primary N) is 2. The van der Waals surface area contributed by atoms with Gasteiger partial charge in [-0.05, 0) is 32.1 Å². The number of allylic oxidation sites excluding steroid dienone is 2. The summed E-state index contributed by atoms with van der Waals surface area (Å²) in [4.78, 5) is 10.5. The molecule has 6 heteroatoms. The van der Waals surface area contributed by atoms with Crippen molar-refractivity contribution in [3.63, 3.8) is 0 Å². The first kappa shape index (κ1) is 27.2. The Morgan fingerprint density at radius 2 is 1.15 bits per heavy atom. The van der Waals surface area contributed by atoms with Crippen molar-refractivity contribution in [3.8, 4) is 0 Å². The van der Waals surface area contributed by atoms with Gasteiger partial charge < -0.3 is 16.6 Å². The van der Waals surface area contributed by atoms with Crippen LogP contribution in [0.2, 0.25) is 0 Å². The Morgan fingerprint density at radius 3 is 1.54 bits per heavy atom. The van der Waals surface area contributed by atoms with E-state index in [1.807, 2.05) is 0 Å². The minimum atomic E-state index is -0.664. The second kappa shape index (κ2) is 22.0. The minimum Gasteiger partial charge on any atom is -0.481 e. The molecule has 0 unspecified atom stereocenters. The highest BCUT2D eigenvalue weighted by Crippen LogP contribution is 2.09. The van der Waals surface area contributed by atoms with Crippen molar-refractivity contribution in [1.29, 1.82) is 0 Å². The number of thiocarbonyl (C=S) groups is 2. The largest absolute Gasteiger partial charge is 0.481 e. The molecule has 0 saturated heterocycles. The Bertz CT molecular complexity index is 387. The summed E-state index contributed by atoms with van der Waals surface area (Å²) < 4.78 is 0. The third kappa shape index (κ3) is 27.8. The van der Waals surface area contributed by atoms with Crippen molar-refractivity contribution in [2.75, 3.05) is 0 Å². The van der Waals surface area contributed by atoms with Gasteiger partial charge in [0.05, 0.1) is 0 Å². The maximum Gasteiger partial charge on any atom is 0.303 e. The maximum absolute atomic E-state index is 10.3. The van der Waals surface area contributed by atoms with E-state index in [1.54, 1.807) is 0 Å². The van der Waals surface area contributed by atoms with Crippen LogP contribution in [0, 0.1) is 0 Å². The molecule has 4 nitrogen and oxygen atoms in total. The van der Waals surface area contributed by atoms with Gasteiger partial charge in [-0.2, -0.15) is 0 Å². The molecule has 0 spiro atoms. The summed E-state index contributed by atoms with van der Waals surface area (Å²) in [6.45, 7) is 2.26. The number of carboxylic acid groups (broad SMARTS) is 1. The molecule has 0 aromatic carbocycles. The molecule has 0 aromatic rings. The van der Waals surface area contributed by atoms with E-state index in [1.165, 1.54) is 70.6 Å². The quantitative estimate of drug-likeness (QED) is 0.186. The first-order valence-electron chi connectivity index (χ1n) is 9.87. The Kier molecular flexibility index (Phi) is 23.1. The van der Waals surface area contributed by atoms with E-state index in [0.717, 1.165) is 12.8 Å². The summed E-state index contributed by atoms with van der Waals surface area (Å²) >= 11 is 8.66. The number of aliphatic carboxylic acids is 1. The van der Waals surface area contributed by atoms with Crippen molar-refractivity contribution >= 4 is 40.4 Å². The van der Waals surface area contributed by atoms with Crippen LogP contribution in [-0.2, 0) is 4.79 Å². The van der Waals surface area contributed by atoms with Crippen LogP contribution in [0.15, 0.2) is 12.2 Å². The zero-order valence-electron chi connectivity index (χ0n) is 16.4. The first-order chi connectivity index (χ1) is 12.4. The van der Waals surface area contributed by atoms with Gasteiger partial charge in [-0.25, -0.2) is 0 Å². The van der Waals surface area contributed by atoms with Crippen LogP contribution in [0.1, 0.15) is 96.8 Å². The lowest BCUT2D eigenvalue weighted by atomic mass is 10.1. The van der Waals surface area contributed by atoms with Gasteiger partial charge in [0.25, 0.3) is 0 Å². The van der Waals surface area contributed by atoms with Crippen LogP contribution < -0.4 is 11.5 Å². The Labute approximate surface area is 170 Å². The van der Waals surface area contributed by atoms with E-state index in [2.05, 4.69) is 43.5 Å². The lowest BCUT2D eigenvalue weighted by molar-refractivity contribution is -0.137. The van der Waals surface area contributed by atoms with Gasteiger partial charge in [0.1, 0.15) is 9.98 Å². The smallest absolute Gasteiger partial charge is 0.303 e. The van der Waals surface area contributed by atoms with Crippen molar-refractivity contribution in [2.45, 2.75) is 96.8 Å². The van der Waals surface area contributed by atoms with E-state index in [4.69, 9.17) is 16.6 Å². The fraction of sp³-hybridized carbons (Fsp3) is 0.750. The van der Waals surface area contributed by atoms with Crippen molar-refractivity contribution < 1.29 is 9.90 Å². The van der Waals surface area contributed by atoms with Gasteiger partial charge in [0.2, 0.25) is 0 Å². The standard InChI is InChI=1S/C18H34O2.C2H4N2S2/c1-2-3-4-5-6-7-8-9-10-11-12-13-14-15-16-17-18(19)20;3-1(5)2(4)6/h9-10H,2-8,11-17H2,1H3,(H,19,20);(H2,3,5)(H2,4,6)/b10-9-;. The highest BCUT2D eigenvalue weighted by atomic mass is 32.1. The molecule has 0 saturated carbocycles. The van der Waals surface area contributed by atoms with Gasteiger partial charge in [0.15, 0.2) is 0 Å². The molecule has 0 aliphatic heterocycles. The van der Waals surface area contributed by atoms with Crippen LogP contribution in [-0.4, -0.2) is 21.1 Å². The third-order valence-electron chi connectivity index (χ3n) is 3.90. The van der Waals surface area contributed by atoms with E-state index < -0.39 is 5.97 Å². The van der Waals surface area contributed by atoms with Crippen LogP contribution in [0.4, 0.5) is 0 Å². The maximum atomic E-state index is 10.3. The van der Waals surface area contributed by atoms with Gasteiger partial charge in [-0.1, -0.05) is 94.9 Å². The van der Waals surface area contributed by atoms with Crippen LogP contribution in [0.3, 0.4) is 0 Å². The number of hydrogen-bond donors (Lipinski definition) is 3. The van der Waals surface area contributed by atoms with Crippen molar-refractivity contribution in [3.05, 3.63) is 12.2 Å². The monoisotopic (exact) mass is 402 g/mol. The summed E-state index contributed by atoms with van der Waals surface area (Å²) in [5, 5.41) is 8.51. The topological polar surface area (TPSA) is 89.3 Å². The zero-order chi connectivity index (χ0) is 20.0. The summed E-state index contributed by atoms with van der Waals surface area (Å²) in [6, 6.07) is 0. The molecule has 5 N–H and O–H groups in total. The molecule has 0 fully saturated rings. The van der Waals surface area contributed by atoms with Gasteiger partial charge in [-0.3, -0.25) is 4.79 Å². The average molecular weight is 403 g/mol. The Balaban J connectivity index is 0. The molecule has 0 bridgehead atoms. The summed E-state index contributed by atoms with van der Waals surface area (Å²) in [7, 11) is 0. The van der Waals surface area contributed by atoms with E-state index in [9.17, 15) is 4.79 Å². The van der Waals surface area contributed by atoms with E-state index in [0.29, 0.717) is 6.42 Å². The van der Waals surface area contributed by atoms with Crippen molar-refractivity contribution in [1.82, 2.24) is 0 Å². The summed E-state index contributed by atoms with van der Waals surface area (Å²) in [6.07, 6.45) is 21.2. The molecule has 26 heavy (non-hydrogen) atoms. The van der Waals surface area contributed by atoms with Crippen LogP contribution >= 0.6 is 24.4 Å². The Hall–Kier alpha value is -1.01.